The number of hydrogen-bond acceptors (Lipinski definition) is 3. The van der Waals surface area contributed by atoms with Gasteiger partial charge in [0, 0.05) is 54.0 Å². The van der Waals surface area contributed by atoms with E-state index < -0.39 is 5.91 Å². The summed E-state index contributed by atoms with van der Waals surface area (Å²) in [7, 11) is 1.61. The lowest BCUT2D eigenvalue weighted by atomic mass is 9.88. The van der Waals surface area contributed by atoms with Crippen molar-refractivity contribution in [2.45, 2.75) is 31.6 Å². The van der Waals surface area contributed by atoms with Crippen LogP contribution in [-0.4, -0.2) is 35.6 Å². The number of benzene rings is 2. The van der Waals surface area contributed by atoms with E-state index in [2.05, 4.69) is 22.1 Å². The fraction of sp³-hybridized carbons (Fsp3) is 0.280. The van der Waals surface area contributed by atoms with Crippen molar-refractivity contribution in [2.75, 3.05) is 13.7 Å². The molecule has 2 aromatic carbocycles. The maximum Gasteiger partial charge on any atom is 0.249 e. The number of aromatic nitrogens is 1. The lowest BCUT2D eigenvalue weighted by Gasteiger charge is -2.17. The first-order chi connectivity index (χ1) is 15.0. The number of carbonyl (C=O) groups excluding carboxylic acids is 2. The van der Waals surface area contributed by atoms with Crippen LogP contribution in [-0.2, 0) is 11.2 Å². The molecule has 0 saturated heterocycles. The topological polar surface area (TPSA) is 108 Å². The van der Waals surface area contributed by atoms with Gasteiger partial charge in [-0.05, 0) is 42.2 Å². The van der Waals surface area contributed by atoms with Crippen molar-refractivity contribution in [3.8, 4) is 11.8 Å². The van der Waals surface area contributed by atoms with Gasteiger partial charge in [-0.25, -0.2) is 0 Å². The predicted octanol–water partition coefficient (Wildman–Crippen LogP) is 2.85. The molecule has 0 radical (unpaired) electrons. The minimum Gasteiger partial charge on any atom is -0.396 e. The van der Waals surface area contributed by atoms with E-state index in [-0.39, 0.29) is 18.4 Å². The summed E-state index contributed by atoms with van der Waals surface area (Å²) in [5.41, 5.74) is 9.52. The average Bonchev–Trinajstić information content (AvgIpc) is 3.19. The lowest BCUT2D eigenvalue weighted by Crippen LogP contribution is -2.18. The summed E-state index contributed by atoms with van der Waals surface area (Å²) in [6.45, 7) is -0.107. The third-order valence-electron chi connectivity index (χ3n) is 5.34. The van der Waals surface area contributed by atoms with Gasteiger partial charge >= 0.3 is 0 Å². The van der Waals surface area contributed by atoms with Gasteiger partial charge in [-0.3, -0.25) is 9.59 Å². The van der Waals surface area contributed by atoms with Crippen LogP contribution in [0.25, 0.3) is 10.9 Å². The van der Waals surface area contributed by atoms with E-state index in [1.807, 2.05) is 42.6 Å². The number of aliphatic hydroxyl groups is 1. The van der Waals surface area contributed by atoms with Crippen LogP contribution < -0.4 is 11.1 Å². The van der Waals surface area contributed by atoms with Gasteiger partial charge in [0.25, 0.3) is 0 Å². The van der Waals surface area contributed by atoms with Crippen molar-refractivity contribution < 1.29 is 14.7 Å². The van der Waals surface area contributed by atoms with Gasteiger partial charge in [-0.2, -0.15) is 0 Å². The second kappa shape index (κ2) is 10.5. The Balaban J connectivity index is 1.79. The monoisotopic (exact) mass is 417 g/mol. The zero-order valence-electron chi connectivity index (χ0n) is 17.6. The fourth-order valence-electron chi connectivity index (χ4n) is 3.67. The molecule has 3 aromatic rings. The molecule has 0 unspecified atom stereocenters. The number of nitrogens with one attached hydrogen (secondary N) is 2. The van der Waals surface area contributed by atoms with Crippen LogP contribution in [0.4, 0.5) is 0 Å². The van der Waals surface area contributed by atoms with E-state index >= 15 is 0 Å². The first-order valence-corrected chi connectivity index (χ1v) is 10.3. The molecule has 6 nitrogen and oxygen atoms in total. The Morgan fingerprint density at radius 1 is 1.23 bits per heavy atom. The lowest BCUT2D eigenvalue weighted by molar-refractivity contribution is -0.120. The Bertz CT molecular complexity index is 1140. The number of aliphatic hydroxyl groups excluding tert-OH is 1. The molecule has 1 heterocycles. The van der Waals surface area contributed by atoms with Gasteiger partial charge < -0.3 is 21.1 Å². The molecule has 1 atom stereocenters. The Morgan fingerprint density at radius 3 is 2.77 bits per heavy atom. The van der Waals surface area contributed by atoms with Crippen LogP contribution in [0.1, 0.15) is 52.2 Å². The Labute approximate surface area is 181 Å². The molecule has 0 aliphatic carbocycles. The molecular formula is C25H27N3O3. The summed E-state index contributed by atoms with van der Waals surface area (Å²) in [6.07, 6.45) is 4.20. The number of rotatable bonds is 8. The number of para-hydroxylation sites is 1. The number of carbonyl (C=O) groups is 2. The zero-order valence-corrected chi connectivity index (χ0v) is 17.6. The predicted molar refractivity (Wildman–Crippen MR) is 122 cm³/mol. The average molecular weight is 418 g/mol. The number of fused-ring (bicyclic) bond motifs is 1. The molecule has 1 aromatic heterocycles. The minimum absolute atomic E-state index is 0.00702. The number of unbranched alkanes of at least 4 members (excludes halogenated alkanes) is 1. The van der Waals surface area contributed by atoms with E-state index in [1.54, 1.807) is 13.1 Å². The number of primary amides is 1. The standard InChI is InChI=1S/C25H27N3O3/c1-27-24(30)10-4-2-3-7-17-11-12-20(22(13-17)25(26)31)19(16-29)14-18-15-28-23-9-6-5-8-21(18)23/h5-6,8-9,11-13,15,19,28-29H,2,4,10,14,16H2,1H3,(H2,26,31)(H,27,30)/t19-/m0/s1. The van der Waals surface area contributed by atoms with Crippen molar-refractivity contribution in [1.29, 1.82) is 0 Å². The third-order valence-corrected chi connectivity index (χ3v) is 5.34. The van der Waals surface area contributed by atoms with Gasteiger partial charge in [0.15, 0.2) is 0 Å². The second-order valence-corrected chi connectivity index (χ2v) is 7.44. The number of aromatic amines is 1. The smallest absolute Gasteiger partial charge is 0.249 e. The highest BCUT2D eigenvalue weighted by Gasteiger charge is 2.20. The summed E-state index contributed by atoms with van der Waals surface area (Å²) in [5.74, 6) is 5.24. The van der Waals surface area contributed by atoms with Crippen molar-refractivity contribution in [1.82, 2.24) is 10.3 Å². The molecule has 0 saturated carbocycles. The van der Waals surface area contributed by atoms with Crippen LogP contribution in [0.3, 0.4) is 0 Å². The largest absolute Gasteiger partial charge is 0.396 e. The summed E-state index contributed by atoms with van der Waals surface area (Å²) in [5, 5.41) is 13.7. The molecule has 31 heavy (non-hydrogen) atoms. The molecule has 2 amide bonds. The maximum absolute atomic E-state index is 12.1. The van der Waals surface area contributed by atoms with Gasteiger partial charge in [-0.1, -0.05) is 36.1 Å². The molecule has 0 spiro atoms. The highest BCUT2D eigenvalue weighted by Crippen LogP contribution is 2.28. The Hall–Kier alpha value is -3.56. The zero-order chi connectivity index (χ0) is 22.2. The molecule has 160 valence electrons. The number of nitrogens with two attached hydrogens (primary N) is 1. The molecule has 0 aliphatic rings. The quantitative estimate of drug-likeness (QED) is 0.334. The number of hydrogen-bond donors (Lipinski definition) is 4. The van der Waals surface area contributed by atoms with Crippen molar-refractivity contribution in [2.24, 2.45) is 5.73 Å². The summed E-state index contributed by atoms with van der Waals surface area (Å²) >= 11 is 0. The first-order valence-electron chi connectivity index (χ1n) is 10.3. The third kappa shape index (κ3) is 5.53. The number of H-pyrrole nitrogens is 1. The maximum atomic E-state index is 12.1. The van der Waals surface area contributed by atoms with E-state index in [0.29, 0.717) is 42.4 Å². The van der Waals surface area contributed by atoms with E-state index in [9.17, 15) is 14.7 Å². The van der Waals surface area contributed by atoms with Gasteiger partial charge in [-0.15, -0.1) is 0 Å². The van der Waals surface area contributed by atoms with Crippen molar-refractivity contribution in [3.63, 3.8) is 0 Å². The van der Waals surface area contributed by atoms with Gasteiger partial charge in [0.1, 0.15) is 0 Å². The second-order valence-electron chi connectivity index (χ2n) is 7.44. The highest BCUT2D eigenvalue weighted by molar-refractivity contribution is 5.95. The summed E-state index contributed by atoms with van der Waals surface area (Å²) in [6, 6.07) is 13.3. The van der Waals surface area contributed by atoms with E-state index in [0.717, 1.165) is 16.5 Å². The molecule has 3 rings (SSSR count). The molecule has 6 heteroatoms. The van der Waals surface area contributed by atoms with Crippen molar-refractivity contribution >= 4 is 22.7 Å². The Morgan fingerprint density at radius 2 is 2.03 bits per heavy atom. The van der Waals surface area contributed by atoms with Crippen LogP contribution in [0.15, 0.2) is 48.7 Å². The summed E-state index contributed by atoms with van der Waals surface area (Å²) < 4.78 is 0. The van der Waals surface area contributed by atoms with Crippen molar-refractivity contribution in [3.05, 3.63) is 70.9 Å². The van der Waals surface area contributed by atoms with Crippen LogP contribution in [0.2, 0.25) is 0 Å². The van der Waals surface area contributed by atoms with Crippen LogP contribution in [0.5, 0.6) is 0 Å². The van der Waals surface area contributed by atoms with E-state index in [4.69, 9.17) is 5.73 Å². The molecule has 0 aliphatic heterocycles. The minimum atomic E-state index is -0.546. The van der Waals surface area contributed by atoms with Crippen LogP contribution >= 0.6 is 0 Å². The van der Waals surface area contributed by atoms with Gasteiger partial charge in [0.2, 0.25) is 11.8 Å². The summed E-state index contributed by atoms with van der Waals surface area (Å²) in [4.78, 5) is 26.6. The fourth-order valence-corrected chi connectivity index (χ4v) is 3.67. The molecule has 5 N–H and O–H groups in total. The highest BCUT2D eigenvalue weighted by atomic mass is 16.3. The van der Waals surface area contributed by atoms with E-state index in [1.165, 1.54) is 0 Å². The normalized spacial score (nSPS) is 11.5. The SMILES string of the molecule is CNC(=O)CCCC#Cc1ccc([C@H](CO)Cc2c[nH]c3ccccc23)c(C(N)=O)c1. The van der Waals surface area contributed by atoms with Crippen LogP contribution in [0, 0.1) is 11.8 Å². The van der Waals surface area contributed by atoms with Gasteiger partial charge in [0.05, 0.1) is 6.61 Å². The first kappa shape index (κ1) is 22.1. The molecular weight excluding hydrogens is 390 g/mol. The molecule has 0 bridgehead atoms. The Kier molecular flexibility index (Phi) is 7.47. The number of amides is 2. The molecule has 0 fully saturated rings.